The number of aromatic nitrogens is 2. The molecule has 134 valence electrons. The Kier molecular flexibility index (Phi) is 4.67. The molecule has 0 saturated carbocycles. The maximum absolute atomic E-state index is 13.0. The zero-order valence-electron chi connectivity index (χ0n) is 14.6. The van der Waals surface area contributed by atoms with E-state index in [1.807, 2.05) is 36.4 Å². The number of likely N-dealkylation sites (tertiary alicyclic amines) is 1. The monoisotopic (exact) mass is 353 g/mol. The number of para-hydroxylation sites is 1. The Morgan fingerprint density at radius 2 is 1.96 bits per heavy atom. The molecule has 2 heterocycles. The normalized spacial score (nSPS) is 17.5. The van der Waals surface area contributed by atoms with Crippen LogP contribution in [0.5, 0.6) is 5.75 Å². The van der Waals surface area contributed by atoms with Gasteiger partial charge in [0.2, 0.25) is 5.89 Å². The van der Waals surface area contributed by atoms with Gasteiger partial charge in [0.05, 0.1) is 18.6 Å². The van der Waals surface area contributed by atoms with Gasteiger partial charge in [-0.15, -0.1) is 10.2 Å². The molecule has 1 aliphatic heterocycles. The van der Waals surface area contributed by atoms with Crippen molar-refractivity contribution >= 4 is 0 Å². The van der Waals surface area contributed by atoms with Gasteiger partial charge >= 0.3 is 0 Å². The zero-order valence-corrected chi connectivity index (χ0v) is 14.6. The van der Waals surface area contributed by atoms with E-state index in [0.29, 0.717) is 17.5 Å². The Morgan fingerprint density at radius 3 is 2.77 bits per heavy atom. The van der Waals surface area contributed by atoms with Crippen LogP contribution in [0.4, 0.5) is 4.39 Å². The Labute approximate surface area is 151 Å². The molecule has 0 unspecified atom stereocenters. The van der Waals surface area contributed by atoms with Crippen LogP contribution in [0.2, 0.25) is 0 Å². The van der Waals surface area contributed by atoms with Crippen LogP contribution in [0.15, 0.2) is 52.9 Å². The Bertz CT molecular complexity index is 879. The second-order valence-electron chi connectivity index (χ2n) is 6.49. The summed E-state index contributed by atoms with van der Waals surface area (Å²) in [4.78, 5) is 2.32. The fraction of sp³-hybridized carbons (Fsp3) is 0.300. The molecule has 0 radical (unpaired) electrons. The molecule has 5 nitrogen and oxygen atoms in total. The second-order valence-corrected chi connectivity index (χ2v) is 6.49. The van der Waals surface area contributed by atoms with Gasteiger partial charge in [0, 0.05) is 13.1 Å². The Hall–Kier alpha value is -2.73. The molecule has 2 aromatic carbocycles. The summed E-state index contributed by atoms with van der Waals surface area (Å²) in [6.45, 7) is 2.60. The van der Waals surface area contributed by atoms with Gasteiger partial charge in [0.25, 0.3) is 5.89 Å². The number of hydrogen-bond donors (Lipinski definition) is 0. The van der Waals surface area contributed by atoms with Crippen molar-refractivity contribution in [1.29, 1.82) is 0 Å². The SMILES string of the molecule is COc1ccccc1-c1nnc([C@H]2CCN(Cc3ccc(F)cc3)C2)o1. The fourth-order valence-electron chi connectivity index (χ4n) is 3.36. The lowest BCUT2D eigenvalue weighted by Crippen LogP contribution is -2.19. The summed E-state index contributed by atoms with van der Waals surface area (Å²) < 4.78 is 24.3. The van der Waals surface area contributed by atoms with Crippen molar-refractivity contribution in [2.75, 3.05) is 20.2 Å². The summed E-state index contributed by atoms with van der Waals surface area (Å²) >= 11 is 0. The quantitative estimate of drug-likeness (QED) is 0.697. The first-order valence-electron chi connectivity index (χ1n) is 8.66. The maximum Gasteiger partial charge on any atom is 0.251 e. The number of methoxy groups -OCH3 is 1. The average Bonchev–Trinajstić information content (AvgIpc) is 3.33. The van der Waals surface area contributed by atoms with Crippen molar-refractivity contribution in [3.05, 3.63) is 65.8 Å². The van der Waals surface area contributed by atoms with E-state index in [1.54, 1.807) is 7.11 Å². The Morgan fingerprint density at radius 1 is 1.15 bits per heavy atom. The van der Waals surface area contributed by atoms with Crippen molar-refractivity contribution in [2.24, 2.45) is 0 Å². The molecule has 1 fully saturated rings. The smallest absolute Gasteiger partial charge is 0.251 e. The van der Waals surface area contributed by atoms with E-state index in [1.165, 1.54) is 12.1 Å². The summed E-state index contributed by atoms with van der Waals surface area (Å²) in [5.74, 6) is 1.86. The molecule has 6 heteroatoms. The highest BCUT2D eigenvalue weighted by Crippen LogP contribution is 2.32. The highest BCUT2D eigenvalue weighted by molar-refractivity contribution is 5.62. The van der Waals surface area contributed by atoms with E-state index in [9.17, 15) is 4.39 Å². The van der Waals surface area contributed by atoms with Gasteiger partial charge in [-0.2, -0.15) is 0 Å². The molecule has 26 heavy (non-hydrogen) atoms. The van der Waals surface area contributed by atoms with Gasteiger partial charge in [-0.1, -0.05) is 24.3 Å². The van der Waals surface area contributed by atoms with Crippen LogP contribution in [0.1, 0.15) is 23.8 Å². The second kappa shape index (κ2) is 7.25. The van der Waals surface area contributed by atoms with Crippen LogP contribution in [0.3, 0.4) is 0 Å². The lowest BCUT2D eigenvalue weighted by atomic mass is 10.1. The third-order valence-electron chi connectivity index (χ3n) is 4.72. The average molecular weight is 353 g/mol. The van der Waals surface area contributed by atoms with Crippen LogP contribution in [-0.2, 0) is 6.54 Å². The predicted octanol–water partition coefficient (Wildman–Crippen LogP) is 3.87. The summed E-state index contributed by atoms with van der Waals surface area (Å²) in [5, 5.41) is 8.46. The van der Waals surface area contributed by atoms with Crippen LogP contribution < -0.4 is 4.74 Å². The van der Waals surface area contributed by atoms with Crippen molar-refractivity contribution in [2.45, 2.75) is 18.9 Å². The first kappa shape index (κ1) is 16.7. The molecule has 1 aliphatic rings. The first-order valence-corrected chi connectivity index (χ1v) is 8.66. The summed E-state index contributed by atoms with van der Waals surface area (Å²) in [6.07, 6.45) is 0.967. The molecule has 0 bridgehead atoms. The third kappa shape index (κ3) is 3.46. The molecule has 1 aromatic heterocycles. The van der Waals surface area contributed by atoms with Crippen LogP contribution in [-0.4, -0.2) is 35.3 Å². The molecular formula is C20H20FN3O2. The standard InChI is InChI=1S/C20H20FN3O2/c1-25-18-5-3-2-4-17(18)20-23-22-19(26-20)15-10-11-24(13-15)12-14-6-8-16(21)9-7-14/h2-9,15H,10-13H2,1H3/t15-/m0/s1. The van der Waals surface area contributed by atoms with E-state index >= 15 is 0 Å². The van der Waals surface area contributed by atoms with Gasteiger partial charge in [0.15, 0.2) is 0 Å². The van der Waals surface area contributed by atoms with Crippen LogP contribution in [0, 0.1) is 5.82 Å². The third-order valence-corrected chi connectivity index (χ3v) is 4.72. The van der Waals surface area contributed by atoms with Crippen LogP contribution in [0.25, 0.3) is 11.5 Å². The van der Waals surface area contributed by atoms with Gasteiger partial charge in [-0.05, 0) is 42.8 Å². The molecule has 0 spiro atoms. The summed E-state index contributed by atoms with van der Waals surface area (Å²) in [7, 11) is 1.63. The van der Waals surface area contributed by atoms with Crippen molar-refractivity contribution in [1.82, 2.24) is 15.1 Å². The largest absolute Gasteiger partial charge is 0.496 e. The van der Waals surface area contributed by atoms with E-state index in [-0.39, 0.29) is 11.7 Å². The van der Waals surface area contributed by atoms with Gasteiger partial charge in [-0.25, -0.2) is 4.39 Å². The minimum Gasteiger partial charge on any atom is -0.496 e. The van der Waals surface area contributed by atoms with E-state index in [4.69, 9.17) is 9.15 Å². The van der Waals surface area contributed by atoms with Crippen LogP contribution >= 0.6 is 0 Å². The molecule has 4 rings (SSSR count). The van der Waals surface area contributed by atoms with Crippen molar-refractivity contribution < 1.29 is 13.5 Å². The first-order chi connectivity index (χ1) is 12.7. The highest BCUT2D eigenvalue weighted by Gasteiger charge is 2.28. The molecule has 0 amide bonds. The predicted molar refractivity (Wildman–Crippen MR) is 95.3 cm³/mol. The van der Waals surface area contributed by atoms with Gasteiger partial charge in [0.1, 0.15) is 11.6 Å². The van der Waals surface area contributed by atoms with Crippen molar-refractivity contribution in [3.63, 3.8) is 0 Å². The lowest BCUT2D eigenvalue weighted by molar-refractivity contribution is 0.320. The number of ether oxygens (including phenoxy) is 1. The molecule has 1 atom stereocenters. The maximum atomic E-state index is 13.0. The van der Waals surface area contributed by atoms with E-state index < -0.39 is 0 Å². The zero-order chi connectivity index (χ0) is 17.9. The molecule has 0 aliphatic carbocycles. The van der Waals surface area contributed by atoms with Crippen molar-refractivity contribution in [3.8, 4) is 17.2 Å². The van der Waals surface area contributed by atoms with Gasteiger partial charge in [-0.3, -0.25) is 4.90 Å². The number of benzene rings is 2. The molecular weight excluding hydrogens is 333 g/mol. The summed E-state index contributed by atoms with van der Waals surface area (Å²) in [6, 6.07) is 14.3. The fourth-order valence-corrected chi connectivity index (χ4v) is 3.36. The number of hydrogen-bond acceptors (Lipinski definition) is 5. The minimum atomic E-state index is -0.206. The topological polar surface area (TPSA) is 51.4 Å². The highest BCUT2D eigenvalue weighted by atomic mass is 19.1. The number of halogens is 1. The van der Waals surface area contributed by atoms with E-state index in [0.717, 1.165) is 37.2 Å². The number of nitrogens with zero attached hydrogens (tertiary/aromatic N) is 3. The van der Waals surface area contributed by atoms with Gasteiger partial charge < -0.3 is 9.15 Å². The lowest BCUT2D eigenvalue weighted by Gasteiger charge is -2.15. The Balaban J connectivity index is 1.44. The van der Waals surface area contributed by atoms with E-state index in [2.05, 4.69) is 15.1 Å². The molecule has 3 aromatic rings. The summed E-state index contributed by atoms with van der Waals surface area (Å²) in [5.41, 5.74) is 1.90. The molecule has 0 N–H and O–H groups in total. The number of rotatable bonds is 5. The molecule has 1 saturated heterocycles. The minimum absolute atomic E-state index is 0.206.